The maximum absolute atomic E-state index is 10.3. The average Bonchev–Trinajstić information content (AvgIpc) is 2.47. The SMILES string of the molecule is NC(CCC=O)Cc1ccc(-c2ccccc2)cc1. The standard InChI is InChI=1S/C17H19NO/c18-17(7-4-12-19)13-14-8-10-16(11-9-14)15-5-2-1-3-6-15/h1-3,5-6,8-12,17H,4,7,13,18H2. The van der Waals surface area contributed by atoms with Crippen molar-refractivity contribution in [3.05, 3.63) is 60.2 Å². The summed E-state index contributed by atoms with van der Waals surface area (Å²) in [6.45, 7) is 0. The molecule has 0 bridgehead atoms. The number of rotatable bonds is 6. The van der Waals surface area contributed by atoms with Crippen LogP contribution in [0.3, 0.4) is 0 Å². The number of hydrogen-bond donors (Lipinski definition) is 1. The third kappa shape index (κ3) is 4.04. The summed E-state index contributed by atoms with van der Waals surface area (Å²) < 4.78 is 0. The summed E-state index contributed by atoms with van der Waals surface area (Å²) >= 11 is 0. The van der Waals surface area contributed by atoms with E-state index in [1.807, 2.05) is 18.2 Å². The van der Waals surface area contributed by atoms with Crippen LogP contribution >= 0.6 is 0 Å². The topological polar surface area (TPSA) is 43.1 Å². The minimum atomic E-state index is 0.0628. The largest absolute Gasteiger partial charge is 0.327 e. The molecule has 19 heavy (non-hydrogen) atoms. The molecule has 0 saturated heterocycles. The number of carbonyl (C=O) groups excluding carboxylic acids is 1. The molecular weight excluding hydrogens is 234 g/mol. The van der Waals surface area contributed by atoms with Gasteiger partial charge in [0.25, 0.3) is 0 Å². The van der Waals surface area contributed by atoms with E-state index in [4.69, 9.17) is 5.73 Å². The third-order valence-corrected chi connectivity index (χ3v) is 3.21. The van der Waals surface area contributed by atoms with Gasteiger partial charge < -0.3 is 10.5 Å². The van der Waals surface area contributed by atoms with Crippen LogP contribution in [0, 0.1) is 0 Å². The predicted octanol–water partition coefficient (Wildman–Crippen LogP) is 3.20. The highest BCUT2D eigenvalue weighted by Crippen LogP contribution is 2.19. The molecule has 1 atom stereocenters. The van der Waals surface area contributed by atoms with Gasteiger partial charge in [-0.3, -0.25) is 0 Å². The summed E-state index contributed by atoms with van der Waals surface area (Å²) in [6, 6.07) is 18.8. The molecule has 0 fully saturated rings. The van der Waals surface area contributed by atoms with Crippen molar-refractivity contribution < 1.29 is 4.79 Å². The van der Waals surface area contributed by atoms with E-state index in [2.05, 4.69) is 36.4 Å². The highest BCUT2D eigenvalue weighted by Gasteiger charge is 2.04. The number of carbonyl (C=O) groups is 1. The number of aldehydes is 1. The molecule has 0 heterocycles. The number of hydrogen-bond acceptors (Lipinski definition) is 2. The lowest BCUT2D eigenvalue weighted by molar-refractivity contribution is -0.108. The van der Waals surface area contributed by atoms with Crippen LogP contribution in [0.5, 0.6) is 0 Å². The lowest BCUT2D eigenvalue weighted by Gasteiger charge is -2.10. The zero-order chi connectivity index (χ0) is 13.5. The van der Waals surface area contributed by atoms with Crippen LogP contribution in [0.25, 0.3) is 11.1 Å². The Kier molecular flexibility index (Phi) is 4.87. The Balaban J connectivity index is 2.01. The maximum atomic E-state index is 10.3. The second-order valence-electron chi connectivity index (χ2n) is 4.77. The molecule has 0 amide bonds. The average molecular weight is 253 g/mol. The van der Waals surface area contributed by atoms with Crippen LogP contribution in [0.15, 0.2) is 54.6 Å². The summed E-state index contributed by atoms with van der Waals surface area (Å²) in [6.07, 6.45) is 3.05. The molecule has 0 aliphatic rings. The van der Waals surface area contributed by atoms with E-state index in [0.717, 1.165) is 19.1 Å². The summed E-state index contributed by atoms with van der Waals surface area (Å²) in [4.78, 5) is 10.3. The van der Waals surface area contributed by atoms with Crippen molar-refractivity contribution in [1.82, 2.24) is 0 Å². The van der Waals surface area contributed by atoms with Crippen molar-refractivity contribution in [2.75, 3.05) is 0 Å². The quantitative estimate of drug-likeness (QED) is 0.803. The van der Waals surface area contributed by atoms with Crippen molar-refractivity contribution in [2.45, 2.75) is 25.3 Å². The van der Waals surface area contributed by atoms with E-state index in [0.29, 0.717) is 6.42 Å². The molecule has 2 nitrogen and oxygen atoms in total. The van der Waals surface area contributed by atoms with Gasteiger partial charge in [-0.05, 0) is 29.5 Å². The molecule has 0 saturated carbocycles. The molecule has 0 aliphatic carbocycles. The van der Waals surface area contributed by atoms with Gasteiger partial charge in [-0.2, -0.15) is 0 Å². The minimum Gasteiger partial charge on any atom is -0.327 e. The molecule has 0 radical (unpaired) electrons. The van der Waals surface area contributed by atoms with Crippen LogP contribution in [0.2, 0.25) is 0 Å². The van der Waals surface area contributed by atoms with Crippen molar-refractivity contribution in [3.8, 4) is 11.1 Å². The van der Waals surface area contributed by atoms with E-state index >= 15 is 0 Å². The van der Waals surface area contributed by atoms with Crippen LogP contribution in [0.1, 0.15) is 18.4 Å². The van der Waals surface area contributed by atoms with Crippen LogP contribution in [-0.2, 0) is 11.2 Å². The van der Waals surface area contributed by atoms with E-state index in [9.17, 15) is 4.79 Å². The molecule has 0 aliphatic heterocycles. The first kappa shape index (κ1) is 13.5. The highest BCUT2D eigenvalue weighted by molar-refractivity contribution is 5.63. The molecule has 98 valence electrons. The van der Waals surface area contributed by atoms with Gasteiger partial charge in [0.2, 0.25) is 0 Å². The second kappa shape index (κ2) is 6.86. The van der Waals surface area contributed by atoms with Gasteiger partial charge in [0, 0.05) is 12.5 Å². The Labute approximate surface area is 114 Å². The van der Waals surface area contributed by atoms with Crippen LogP contribution in [0.4, 0.5) is 0 Å². The summed E-state index contributed by atoms with van der Waals surface area (Å²) in [5, 5.41) is 0. The lowest BCUT2D eigenvalue weighted by atomic mass is 9.99. The molecule has 1 unspecified atom stereocenters. The fraction of sp³-hybridized carbons (Fsp3) is 0.235. The first-order valence-electron chi connectivity index (χ1n) is 6.63. The molecule has 2 rings (SSSR count). The van der Waals surface area contributed by atoms with Crippen molar-refractivity contribution in [1.29, 1.82) is 0 Å². The summed E-state index contributed by atoms with van der Waals surface area (Å²) in [5.74, 6) is 0. The van der Waals surface area contributed by atoms with E-state index in [1.165, 1.54) is 16.7 Å². The monoisotopic (exact) mass is 253 g/mol. The molecule has 0 spiro atoms. The van der Waals surface area contributed by atoms with Crippen molar-refractivity contribution in [2.24, 2.45) is 5.73 Å². The summed E-state index contributed by atoms with van der Waals surface area (Å²) in [5.41, 5.74) is 9.64. The van der Waals surface area contributed by atoms with Crippen LogP contribution in [-0.4, -0.2) is 12.3 Å². The van der Waals surface area contributed by atoms with Gasteiger partial charge in [-0.25, -0.2) is 0 Å². The van der Waals surface area contributed by atoms with Gasteiger partial charge >= 0.3 is 0 Å². The highest BCUT2D eigenvalue weighted by atomic mass is 16.1. The molecule has 2 heteroatoms. The van der Waals surface area contributed by atoms with Gasteiger partial charge in [0.05, 0.1) is 0 Å². The fourth-order valence-electron chi connectivity index (χ4n) is 2.15. The Morgan fingerprint density at radius 1 is 0.947 bits per heavy atom. The molecule has 0 aromatic heterocycles. The second-order valence-corrected chi connectivity index (χ2v) is 4.77. The van der Waals surface area contributed by atoms with Crippen molar-refractivity contribution >= 4 is 6.29 Å². The van der Waals surface area contributed by atoms with Gasteiger partial charge in [0.15, 0.2) is 0 Å². The number of nitrogens with two attached hydrogens (primary N) is 1. The Morgan fingerprint density at radius 3 is 2.21 bits per heavy atom. The molecule has 2 aromatic rings. The first-order chi connectivity index (χ1) is 9.29. The Morgan fingerprint density at radius 2 is 1.58 bits per heavy atom. The Bertz CT molecular complexity index is 505. The van der Waals surface area contributed by atoms with Gasteiger partial charge in [-0.15, -0.1) is 0 Å². The minimum absolute atomic E-state index is 0.0628. The predicted molar refractivity (Wildman–Crippen MR) is 78.9 cm³/mol. The zero-order valence-electron chi connectivity index (χ0n) is 11.0. The smallest absolute Gasteiger partial charge is 0.120 e. The first-order valence-corrected chi connectivity index (χ1v) is 6.63. The molecular formula is C17H19NO. The molecule has 2 N–H and O–H groups in total. The zero-order valence-corrected chi connectivity index (χ0v) is 11.0. The Hall–Kier alpha value is -1.93. The summed E-state index contributed by atoms with van der Waals surface area (Å²) in [7, 11) is 0. The van der Waals surface area contributed by atoms with Gasteiger partial charge in [-0.1, -0.05) is 54.6 Å². The molecule has 2 aromatic carbocycles. The number of benzene rings is 2. The van der Waals surface area contributed by atoms with Crippen LogP contribution < -0.4 is 5.73 Å². The van der Waals surface area contributed by atoms with Gasteiger partial charge in [0.1, 0.15) is 6.29 Å². The fourth-order valence-corrected chi connectivity index (χ4v) is 2.15. The van der Waals surface area contributed by atoms with Crippen molar-refractivity contribution in [3.63, 3.8) is 0 Å². The maximum Gasteiger partial charge on any atom is 0.120 e. The van der Waals surface area contributed by atoms with E-state index in [-0.39, 0.29) is 6.04 Å². The lowest BCUT2D eigenvalue weighted by Crippen LogP contribution is -2.22. The normalized spacial score (nSPS) is 12.1. The third-order valence-electron chi connectivity index (χ3n) is 3.21. The van der Waals surface area contributed by atoms with E-state index in [1.54, 1.807) is 0 Å². The van der Waals surface area contributed by atoms with E-state index < -0.39 is 0 Å².